The van der Waals surface area contributed by atoms with Crippen molar-refractivity contribution < 1.29 is 14.3 Å². The number of hydrogen-bond acceptors (Lipinski definition) is 3. The molecule has 0 saturated heterocycles. The first kappa shape index (κ1) is 16.9. The number of nitrogens with one attached hydrogen (secondary N) is 2. The van der Waals surface area contributed by atoms with Crippen LogP contribution < -0.4 is 20.1 Å². The lowest BCUT2D eigenvalue weighted by Gasteiger charge is -2.24. The molecule has 0 aromatic heterocycles. The van der Waals surface area contributed by atoms with Crippen LogP contribution in [0.1, 0.15) is 50.5 Å². The third-order valence-corrected chi connectivity index (χ3v) is 5.38. The normalized spacial score (nSPS) is 19.4. The number of amides is 2. The van der Waals surface area contributed by atoms with E-state index >= 15 is 0 Å². The van der Waals surface area contributed by atoms with Gasteiger partial charge in [0.05, 0.1) is 14.2 Å². The average Bonchev–Trinajstić information content (AvgIpc) is 3.41. The van der Waals surface area contributed by atoms with Gasteiger partial charge in [-0.3, -0.25) is 0 Å². The molecule has 2 fully saturated rings. The Bertz CT molecular complexity index is 578. The van der Waals surface area contributed by atoms with Gasteiger partial charge in [0, 0.05) is 18.0 Å². The largest absolute Gasteiger partial charge is 0.493 e. The lowest BCUT2D eigenvalue weighted by Crippen LogP contribution is -2.45. The molecule has 24 heavy (non-hydrogen) atoms. The lowest BCUT2D eigenvalue weighted by atomic mass is 9.95. The Kier molecular flexibility index (Phi) is 5.17. The van der Waals surface area contributed by atoms with Gasteiger partial charge < -0.3 is 20.1 Å². The van der Waals surface area contributed by atoms with Crippen LogP contribution in [0.15, 0.2) is 18.2 Å². The molecule has 1 aromatic carbocycles. The van der Waals surface area contributed by atoms with Gasteiger partial charge in [-0.1, -0.05) is 25.3 Å². The fraction of sp³-hybridized carbons (Fsp3) is 0.632. The summed E-state index contributed by atoms with van der Waals surface area (Å²) in [5.74, 6) is 1.48. The number of carbonyl (C=O) groups excluding carboxylic acids is 1. The fourth-order valence-electron chi connectivity index (χ4n) is 3.62. The molecule has 5 heteroatoms. The van der Waals surface area contributed by atoms with E-state index in [-0.39, 0.29) is 11.4 Å². The smallest absolute Gasteiger partial charge is 0.315 e. The number of benzene rings is 1. The number of hydrogen-bond donors (Lipinski definition) is 2. The van der Waals surface area contributed by atoms with Crippen molar-refractivity contribution in [1.82, 2.24) is 10.6 Å². The van der Waals surface area contributed by atoms with Crippen LogP contribution in [-0.2, 0) is 5.41 Å². The SMILES string of the molecule is COc1ccc(C2(CNC(=O)NC3CCCCC3)CC2)cc1OC. The second kappa shape index (κ2) is 7.32. The molecule has 2 N–H and O–H groups in total. The summed E-state index contributed by atoms with van der Waals surface area (Å²) in [5, 5.41) is 6.19. The van der Waals surface area contributed by atoms with Gasteiger partial charge in [0.2, 0.25) is 0 Å². The van der Waals surface area contributed by atoms with Crippen LogP contribution in [0.5, 0.6) is 11.5 Å². The molecule has 0 radical (unpaired) electrons. The van der Waals surface area contributed by atoms with E-state index in [9.17, 15) is 4.79 Å². The first-order valence-electron chi connectivity index (χ1n) is 8.94. The van der Waals surface area contributed by atoms with Crippen molar-refractivity contribution in [2.45, 2.75) is 56.4 Å². The Labute approximate surface area is 144 Å². The standard InChI is InChI=1S/C19H28N2O3/c1-23-16-9-8-14(12-17(16)24-2)19(10-11-19)13-20-18(22)21-15-6-4-3-5-7-15/h8-9,12,15H,3-7,10-11,13H2,1-2H3,(H2,20,21,22). The topological polar surface area (TPSA) is 59.6 Å². The maximum absolute atomic E-state index is 12.2. The second-order valence-corrected chi connectivity index (χ2v) is 7.01. The summed E-state index contributed by atoms with van der Waals surface area (Å²) >= 11 is 0. The first-order valence-corrected chi connectivity index (χ1v) is 8.94. The Morgan fingerprint density at radius 2 is 1.83 bits per heavy atom. The minimum absolute atomic E-state index is 0.0337. The van der Waals surface area contributed by atoms with E-state index in [1.165, 1.54) is 24.8 Å². The molecule has 5 nitrogen and oxygen atoms in total. The summed E-state index contributed by atoms with van der Waals surface area (Å²) in [7, 11) is 3.29. The lowest BCUT2D eigenvalue weighted by molar-refractivity contribution is 0.231. The highest BCUT2D eigenvalue weighted by molar-refractivity contribution is 5.74. The summed E-state index contributed by atoms with van der Waals surface area (Å²) in [6, 6.07) is 6.36. The minimum Gasteiger partial charge on any atom is -0.493 e. The van der Waals surface area contributed by atoms with Gasteiger partial charge in [0.1, 0.15) is 0 Å². The molecule has 132 valence electrons. The van der Waals surface area contributed by atoms with E-state index in [1.54, 1.807) is 14.2 Å². The molecule has 2 amide bonds. The van der Waals surface area contributed by atoms with Gasteiger partial charge in [-0.05, 0) is 43.4 Å². The zero-order chi connectivity index (χ0) is 17.0. The van der Waals surface area contributed by atoms with Crippen LogP contribution in [0, 0.1) is 0 Å². The molecule has 3 rings (SSSR count). The van der Waals surface area contributed by atoms with E-state index in [2.05, 4.69) is 16.7 Å². The predicted molar refractivity (Wildman–Crippen MR) is 93.9 cm³/mol. The monoisotopic (exact) mass is 332 g/mol. The third kappa shape index (κ3) is 3.77. The molecular formula is C19H28N2O3. The average molecular weight is 332 g/mol. The van der Waals surface area contributed by atoms with E-state index < -0.39 is 0 Å². The molecule has 1 aromatic rings. The molecule has 2 aliphatic rings. The highest BCUT2D eigenvalue weighted by Gasteiger charge is 2.44. The number of methoxy groups -OCH3 is 2. The Hall–Kier alpha value is -1.91. The Morgan fingerprint density at radius 1 is 1.12 bits per heavy atom. The summed E-state index contributed by atoms with van der Waals surface area (Å²) in [4.78, 5) is 12.2. The maximum Gasteiger partial charge on any atom is 0.315 e. The van der Waals surface area contributed by atoms with Crippen molar-refractivity contribution in [2.75, 3.05) is 20.8 Å². The molecule has 0 heterocycles. The van der Waals surface area contributed by atoms with E-state index in [0.717, 1.165) is 37.2 Å². The van der Waals surface area contributed by atoms with E-state index in [4.69, 9.17) is 9.47 Å². The molecule has 0 atom stereocenters. The van der Waals surface area contributed by atoms with Gasteiger partial charge >= 0.3 is 6.03 Å². The third-order valence-electron chi connectivity index (χ3n) is 5.38. The van der Waals surface area contributed by atoms with E-state index in [0.29, 0.717) is 12.6 Å². The van der Waals surface area contributed by atoms with Gasteiger partial charge in [0.15, 0.2) is 11.5 Å². The summed E-state index contributed by atoms with van der Waals surface area (Å²) < 4.78 is 10.7. The first-order chi connectivity index (χ1) is 11.7. The summed E-state index contributed by atoms with van der Waals surface area (Å²) in [5.41, 5.74) is 1.25. The predicted octanol–water partition coefficient (Wildman–Crippen LogP) is 3.37. The molecule has 2 aliphatic carbocycles. The number of carbonyl (C=O) groups is 1. The molecule has 0 aliphatic heterocycles. The number of ether oxygens (including phenoxy) is 2. The minimum atomic E-state index is -0.0337. The van der Waals surface area contributed by atoms with Crippen LogP contribution in [-0.4, -0.2) is 32.8 Å². The Morgan fingerprint density at radius 3 is 2.46 bits per heavy atom. The van der Waals surface area contributed by atoms with Crippen molar-refractivity contribution in [1.29, 1.82) is 0 Å². The molecule has 2 saturated carbocycles. The van der Waals surface area contributed by atoms with Crippen LogP contribution in [0.3, 0.4) is 0 Å². The van der Waals surface area contributed by atoms with Crippen LogP contribution in [0.4, 0.5) is 4.79 Å². The molecule has 0 bridgehead atoms. The van der Waals surface area contributed by atoms with Gasteiger partial charge in [-0.15, -0.1) is 0 Å². The van der Waals surface area contributed by atoms with Crippen LogP contribution in [0.25, 0.3) is 0 Å². The summed E-state index contributed by atoms with van der Waals surface area (Å²) in [6.07, 6.45) is 8.13. The van der Waals surface area contributed by atoms with Crippen molar-refractivity contribution in [3.8, 4) is 11.5 Å². The van der Waals surface area contributed by atoms with Crippen molar-refractivity contribution in [2.24, 2.45) is 0 Å². The molecular weight excluding hydrogens is 304 g/mol. The second-order valence-electron chi connectivity index (χ2n) is 7.01. The maximum atomic E-state index is 12.2. The Balaban J connectivity index is 1.57. The summed E-state index contributed by atoms with van der Waals surface area (Å²) in [6.45, 7) is 0.668. The van der Waals surface area contributed by atoms with Crippen molar-refractivity contribution in [3.63, 3.8) is 0 Å². The van der Waals surface area contributed by atoms with Gasteiger partial charge in [-0.2, -0.15) is 0 Å². The van der Waals surface area contributed by atoms with Crippen LogP contribution >= 0.6 is 0 Å². The van der Waals surface area contributed by atoms with Crippen molar-refractivity contribution in [3.05, 3.63) is 23.8 Å². The molecule has 0 unspecified atom stereocenters. The number of urea groups is 1. The number of rotatable bonds is 6. The fourth-order valence-corrected chi connectivity index (χ4v) is 3.62. The highest BCUT2D eigenvalue weighted by Crippen LogP contribution is 2.49. The molecule has 0 spiro atoms. The highest BCUT2D eigenvalue weighted by atomic mass is 16.5. The zero-order valence-corrected chi connectivity index (χ0v) is 14.7. The van der Waals surface area contributed by atoms with Crippen LogP contribution in [0.2, 0.25) is 0 Å². The quantitative estimate of drug-likeness (QED) is 0.840. The van der Waals surface area contributed by atoms with Gasteiger partial charge in [0.25, 0.3) is 0 Å². The van der Waals surface area contributed by atoms with Crippen molar-refractivity contribution >= 4 is 6.03 Å². The zero-order valence-electron chi connectivity index (χ0n) is 14.7. The van der Waals surface area contributed by atoms with E-state index in [1.807, 2.05) is 12.1 Å². The van der Waals surface area contributed by atoms with Gasteiger partial charge in [-0.25, -0.2) is 4.79 Å².